The van der Waals surface area contributed by atoms with Crippen LogP contribution in [0.2, 0.25) is 5.02 Å². The summed E-state index contributed by atoms with van der Waals surface area (Å²) in [5, 5.41) is 17.8. The molecular weight excluding hydrogens is 338 g/mol. The number of halogens is 1. The van der Waals surface area contributed by atoms with E-state index in [9.17, 15) is 9.90 Å². The molecule has 0 saturated carbocycles. The molecule has 0 radical (unpaired) electrons. The third kappa shape index (κ3) is 1.88. The third-order valence-corrected chi connectivity index (χ3v) is 5.49. The standard InChI is InChI=1S/C19H16ClN3O2/c20-10-5-6-16-14(7-10)19(18(25)22-16)17-13(8-11(9-24)23-19)12-3-1-2-4-15(12)21-17/h1-7,11,21,23-24H,8-9H2,(H,22,25)/t11-,19-/m1/s1. The molecule has 3 aromatic rings. The number of H-pyrrole nitrogens is 1. The van der Waals surface area contributed by atoms with Crippen molar-refractivity contribution in [1.82, 2.24) is 10.3 Å². The van der Waals surface area contributed by atoms with Crippen LogP contribution in [0.1, 0.15) is 16.8 Å². The van der Waals surface area contributed by atoms with Crippen molar-refractivity contribution in [3.63, 3.8) is 0 Å². The number of carbonyl (C=O) groups excluding carboxylic acids is 1. The quantitative estimate of drug-likeness (QED) is 0.543. The van der Waals surface area contributed by atoms with E-state index in [2.05, 4.69) is 15.6 Å². The summed E-state index contributed by atoms with van der Waals surface area (Å²) in [5.41, 5.74) is 3.34. The van der Waals surface area contributed by atoms with E-state index in [4.69, 9.17) is 11.6 Å². The van der Waals surface area contributed by atoms with Crippen LogP contribution in [-0.4, -0.2) is 28.6 Å². The van der Waals surface area contributed by atoms with Gasteiger partial charge in [0.2, 0.25) is 0 Å². The molecule has 5 nitrogen and oxygen atoms in total. The van der Waals surface area contributed by atoms with Gasteiger partial charge in [-0.25, -0.2) is 0 Å². The number of aliphatic hydroxyl groups is 1. The zero-order valence-electron chi connectivity index (χ0n) is 13.3. The number of hydrogen-bond acceptors (Lipinski definition) is 3. The normalized spacial score (nSPS) is 24.4. The van der Waals surface area contributed by atoms with Crippen molar-refractivity contribution in [1.29, 1.82) is 0 Å². The molecule has 0 bridgehead atoms. The van der Waals surface area contributed by atoms with Crippen molar-refractivity contribution in [3.05, 3.63) is 64.3 Å². The highest BCUT2D eigenvalue weighted by Crippen LogP contribution is 2.46. The Morgan fingerprint density at radius 1 is 1.24 bits per heavy atom. The third-order valence-electron chi connectivity index (χ3n) is 5.25. The Kier molecular flexibility index (Phi) is 3.04. The Morgan fingerprint density at radius 2 is 2.08 bits per heavy atom. The van der Waals surface area contributed by atoms with E-state index in [1.165, 1.54) is 0 Å². The van der Waals surface area contributed by atoms with Gasteiger partial charge >= 0.3 is 0 Å². The maximum absolute atomic E-state index is 13.1. The Bertz CT molecular complexity index is 1030. The van der Waals surface area contributed by atoms with Crippen LogP contribution in [0.25, 0.3) is 10.9 Å². The van der Waals surface area contributed by atoms with Gasteiger partial charge in [0.15, 0.2) is 5.54 Å². The van der Waals surface area contributed by atoms with E-state index in [0.29, 0.717) is 11.4 Å². The van der Waals surface area contributed by atoms with E-state index in [1.807, 2.05) is 36.4 Å². The summed E-state index contributed by atoms with van der Waals surface area (Å²) in [7, 11) is 0. The highest BCUT2D eigenvalue weighted by atomic mass is 35.5. The molecule has 5 rings (SSSR count). The molecule has 126 valence electrons. The molecule has 4 N–H and O–H groups in total. The first-order valence-electron chi connectivity index (χ1n) is 8.23. The fraction of sp³-hybridized carbons (Fsp3) is 0.211. The molecule has 6 heteroatoms. The molecule has 0 fully saturated rings. The average Bonchev–Trinajstić information content (AvgIpc) is 3.12. The lowest BCUT2D eigenvalue weighted by atomic mass is 9.79. The van der Waals surface area contributed by atoms with E-state index < -0.39 is 5.54 Å². The van der Waals surface area contributed by atoms with Gasteiger partial charge in [-0.1, -0.05) is 29.8 Å². The number of aromatic amines is 1. The van der Waals surface area contributed by atoms with E-state index in [-0.39, 0.29) is 18.6 Å². The van der Waals surface area contributed by atoms with Crippen LogP contribution < -0.4 is 10.6 Å². The van der Waals surface area contributed by atoms with Crippen molar-refractivity contribution in [3.8, 4) is 0 Å². The smallest absolute Gasteiger partial charge is 0.255 e. The number of aromatic nitrogens is 1. The summed E-state index contributed by atoms with van der Waals surface area (Å²) in [4.78, 5) is 16.5. The maximum Gasteiger partial charge on any atom is 0.255 e. The molecular formula is C19H16ClN3O2. The number of benzene rings is 2. The van der Waals surface area contributed by atoms with Crippen molar-refractivity contribution >= 4 is 34.1 Å². The van der Waals surface area contributed by atoms with Crippen LogP contribution in [0, 0.1) is 0 Å². The molecule has 1 amide bonds. The number of aliphatic hydroxyl groups excluding tert-OH is 1. The number of amides is 1. The van der Waals surface area contributed by atoms with Gasteiger partial charge in [0, 0.05) is 33.2 Å². The highest BCUT2D eigenvalue weighted by molar-refractivity contribution is 6.31. The van der Waals surface area contributed by atoms with E-state index in [0.717, 1.165) is 33.4 Å². The van der Waals surface area contributed by atoms with Crippen molar-refractivity contribution < 1.29 is 9.90 Å². The molecule has 25 heavy (non-hydrogen) atoms. The van der Waals surface area contributed by atoms with Gasteiger partial charge in [-0.3, -0.25) is 10.1 Å². The Balaban J connectivity index is 1.86. The monoisotopic (exact) mass is 353 g/mol. The molecule has 0 unspecified atom stereocenters. The van der Waals surface area contributed by atoms with Crippen molar-refractivity contribution in [2.24, 2.45) is 0 Å². The molecule has 3 heterocycles. The Morgan fingerprint density at radius 3 is 2.92 bits per heavy atom. The number of para-hydroxylation sites is 1. The largest absolute Gasteiger partial charge is 0.395 e. The van der Waals surface area contributed by atoms with E-state index >= 15 is 0 Å². The Labute approximate surface area is 149 Å². The first kappa shape index (κ1) is 15.0. The lowest BCUT2D eigenvalue weighted by Crippen LogP contribution is -2.58. The first-order valence-corrected chi connectivity index (χ1v) is 8.61. The van der Waals surface area contributed by atoms with Crippen molar-refractivity contribution in [2.75, 3.05) is 11.9 Å². The topological polar surface area (TPSA) is 77.2 Å². The average molecular weight is 354 g/mol. The van der Waals surface area contributed by atoms with Gasteiger partial charge < -0.3 is 15.4 Å². The second-order valence-electron chi connectivity index (χ2n) is 6.65. The molecule has 1 aromatic heterocycles. The summed E-state index contributed by atoms with van der Waals surface area (Å²) in [5.74, 6) is -0.157. The van der Waals surface area contributed by atoms with Crippen LogP contribution in [0.15, 0.2) is 42.5 Å². The summed E-state index contributed by atoms with van der Waals surface area (Å²) in [6.45, 7) is -0.0517. The number of rotatable bonds is 1. The number of anilines is 1. The summed E-state index contributed by atoms with van der Waals surface area (Å²) in [6.07, 6.45) is 0.654. The lowest BCUT2D eigenvalue weighted by Gasteiger charge is -2.37. The zero-order chi connectivity index (χ0) is 17.2. The van der Waals surface area contributed by atoms with Gasteiger partial charge in [-0.15, -0.1) is 0 Å². The van der Waals surface area contributed by atoms with E-state index in [1.54, 1.807) is 6.07 Å². The minimum atomic E-state index is -1.07. The van der Waals surface area contributed by atoms with Gasteiger partial charge in [0.1, 0.15) is 0 Å². The Hall–Kier alpha value is -2.34. The first-order chi connectivity index (χ1) is 12.1. The molecule has 2 atom stereocenters. The molecule has 2 aliphatic heterocycles. The minimum Gasteiger partial charge on any atom is -0.395 e. The van der Waals surface area contributed by atoms with Crippen molar-refractivity contribution in [2.45, 2.75) is 18.0 Å². The minimum absolute atomic E-state index is 0.0517. The molecule has 0 saturated heterocycles. The predicted octanol–water partition coefficient (Wildman–Crippen LogP) is 2.52. The SMILES string of the molecule is O=C1Nc2ccc(Cl)cc2[C@]12N[C@@H](CO)Cc1c2[nH]c2ccccc12. The highest BCUT2D eigenvalue weighted by Gasteiger charge is 2.53. The van der Waals surface area contributed by atoms with Crippen LogP contribution in [0.5, 0.6) is 0 Å². The van der Waals surface area contributed by atoms with Crippen LogP contribution >= 0.6 is 11.6 Å². The van der Waals surface area contributed by atoms with Gasteiger partial charge in [-0.2, -0.15) is 0 Å². The molecule has 0 aliphatic carbocycles. The lowest BCUT2D eigenvalue weighted by molar-refractivity contribution is -0.121. The summed E-state index contributed by atoms with van der Waals surface area (Å²) in [6, 6.07) is 13.2. The number of nitrogens with one attached hydrogen (secondary N) is 3. The van der Waals surface area contributed by atoms with Crippen LogP contribution in [0.3, 0.4) is 0 Å². The van der Waals surface area contributed by atoms with Crippen LogP contribution in [-0.2, 0) is 16.8 Å². The zero-order valence-corrected chi connectivity index (χ0v) is 14.0. The summed E-state index contributed by atoms with van der Waals surface area (Å²) < 4.78 is 0. The van der Waals surface area contributed by atoms with Gasteiger partial charge in [-0.05, 0) is 36.2 Å². The predicted molar refractivity (Wildman–Crippen MR) is 96.9 cm³/mol. The fourth-order valence-electron chi connectivity index (χ4n) is 4.18. The number of hydrogen-bond donors (Lipinski definition) is 4. The molecule has 2 aromatic carbocycles. The van der Waals surface area contributed by atoms with Gasteiger partial charge in [0.05, 0.1) is 12.3 Å². The second-order valence-corrected chi connectivity index (χ2v) is 7.08. The number of carbonyl (C=O) groups is 1. The number of fused-ring (bicyclic) bond motifs is 6. The van der Waals surface area contributed by atoms with Crippen LogP contribution in [0.4, 0.5) is 5.69 Å². The molecule has 1 spiro atoms. The summed E-state index contributed by atoms with van der Waals surface area (Å²) >= 11 is 6.22. The fourth-order valence-corrected chi connectivity index (χ4v) is 4.36. The second kappa shape index (κ2) is 5.08. The maximum atomic E-state index is 13.1. The van der Waals surface area contributed by atoms with Gasteiger partial charge in [0.25, 0.3) is 5.91 Å². The molecule has 2 aliphatic rings.